The van der Waals surface area contributed by atoms with Gasteiger partial charge in [0.1, 0.15) is 11.5 Å². The summed E-state index contributed by atoms with van der Waals surface area (Å²) in [4.78, 5) is 16.3. The van der Waals surface area contributed by atoms with Crippen molar-refractivity contribution in [1.82, 2.24) is 0 Å². The lowest BCUT2D eigenvalue weighted by Gasteiger charge is -2.07. The molecule has 2 aromatic rings. The van der Waals surface area contributed by atoms with Gasteiger partial charge in [-0.1, -0.05) is 11.6 Å². The number of rotatable bonds is 4. The Kier molecular flexibility index (Phi) is 4.53. The number of hydrogen-bond acceptors (Lipinski definition) is 5. The molecule has 0 spiro atoms. The van der Waals surface area contributed by atoms with E-state index in [4.69, 9.17) is 25.8 Å². The number of carbonyl (C=O) groups excluding carboxylic acids is 1. The smallest absolute Gasteiger partial charge is 0.363 e. The van der Waals surface area contributed by atoms with E-state index in [0.29, 0.717) is 27.6 Å². The molecule has 0 aromatic heterocycles. The lowest BCUT2D eigenvalue weighted by molar-refractivity contribution is -0.129. The summed E-state index contributed by atoms with van der Waals surface area (Å²) < 4.78 is 15.7. The van der Waals surface area contributed by atoms with Gasteiger partial charge >= 0.3 is 5.97 Å². The van der Waals surface area contributed by atoms with Crippen molar-refractivity contribution in [1.29, 1.82) is 0 Å². The predicted molar refractivity (Wildman–Crippen MR) is 91.6 cm³/mol. The molecule has 0 N–H and O–H groups in total. The highest BCUT2D eigenvalue weighted by Crippen LogP contribution is 2.28. The largest absolute Gasteiger partial charge is 0.497 e. The van der Waals surface area contributed by atoms with Gasteiger partial charge in [-0.25, -0.2) is 9.79 Å². The van der Waals surface area contributed by atoms with Crippen LogP contribution in [0.1, 0.15) is 11.1 Å². The lowest BCUT2D eigenvalue weighted by atomic mass is 10.1. The highest BCUT2D eigenvalue weighted by molar-refractivity contribution is 6.30. The zero-order valence-corrected chi connectivity index (χ0v) is 13.8. The maximum atomic E-state index is 12.1. The van der Waals surface area contributed by atoms with Gasteiger partial charge in [0.25, 0.3) is 0 Å². The van der Waals surface area contributed by atoms with Crippen LogP contribution in [0.3, 0.4) is 0 Å². The second-order valence-corrected chi connectivity index (χ2v) is 5.39. The minimum Gasteiger partial charge on any atom is -0.497 e. The van der Waals surface area contributed by atoms with Crippen molar-refractivity contribution in [2.24, 2.45) is 4.99 Å². The SMILES string of the molecule is COc1ccc(OC)c(/C=C2\N=C(c3ccc(Cl)cc3)OC2=O)c1. The third kappa shape index (κ3) is 3.26. The van der Waals surface area contributed by atoms with E-state index in [1.54, 1.807) is 62.8 Å². The van der Waals surface area contributed by atoms with Crippen LogP contribution in [0, 0.1) is 0 Å². The molecule has 0 unspecified atom stereocenters. The molecule has 1 heterocycles. The minimum absolute atomic E-state index is 0.187. The number of cyclic esters (lactones) is 1. The molecule has 0 saturated carbocycles. The monoisotopic (exact) mass is 343 g/mol. The second-order valence-electron chi connectivity index (χ2n) is 4.95. The fourth-order valence-electron chi connectivity index (χ4n) is 2.22. The van der Waals surface area contributed by atoms with Crippen molar-refractivity contribution >= 4 is 29.5 Å². The number of carbonyl (C=O) groups is 1. The fraction of sp³-hybridized carbons (Fsp3) is 0.111. The van der Waals surface area contributed by atoms with Crippen LogP contribution in [-0.2, 0) is 9.53 Å². The number of hydrogen-bond donors (Lipinski definition) is 0. The first kappa shape index (κ1) is 16.1. The molecule has 0 radical (unpaired) electrons. The van der Waals surface area contributed by atoms with Crippen LogP contribution in [0.2, 0.25) is 5.02 Å². The molecular formula is C18H14ClNO4. The van der Waals surface area contributed by atoms with E-state index in [1.807, 2.05) is 0 Å². The van der Waals surface area contributed by atoms with Crippen molar-refractivity contribution in [2.75, 3.05) is 14.2 Å². The van der Waals surface area contributed by atoms with Crippen LogP contribution in [0.4, 0.5) is 0 Å². The molecule has 0 atom stereocenters. The highest BCUT2D eigenvalue weighted by atomic mass is 35.5. The molecule has 0 saturated heterocycles. The minimum atomic E-state index is -0.523. The Balaban J connectivity index is 1.98. The quantitative estimate of drug-likeness (QED) is 0.627. The number of ether oxygens (including phenoxy) is 3. The summed E-state index contributed by atoms with van der Waals surface area (Å²) in [7, 11) is 3.12. The summed E-state index contributed by atoms with van der Waals surface area (Å²) in [5.41, 5.74) is 1.53. The Morgan fingerprint density at radius 1 is 1.08 bits per heavy atom. The normalized spacial score (nSPS) is 15.2. The van der Waals surface area contributed by atoms with Gasteiger partial charge in [0.2, 0.25) is 5.90 Å². The lowest BCUT2D eigenvalue weighted by Crippen LogP contribution is -2.05. The van der Waals surface area contributed by atoms with E-state index in [9.17, 15) is 4.79 Å². The number of benzene rings is 2. The standard InChI is InChI=1S/C18H14ClNO4/c1-22-14-7-8-16(23-2)12(9-14)10-15-18(21)24-17(20-15)11-3-5-13(19)6-4-11/h3-10H,1-2H3/b15-10-. The topological polar surface area (TPSA) is 57.1 Å². The van der Waals surface area contributed by atoms with Crippen molar-refractivity contribution in [3.05, 3.63) is 64.3 Å². The van der Waals surface area contributed by atoms with Crippen LogP contribution in [-0.4, -0.2) is 26.1 Å². The number of halogens is 1. The predicted octanol–water partition coefficient (Wildman–Crippen LogP) is 3.70. The number of methoxy groups -OCH3 is 2. The molecule has 6 heteroatoms. The maximum absolute atomic E-state index is 12.1. The van der Waals surface area contributed by atoms with Gasteiger partial charge in [0, 0.05) is 16.1 Å². The molecule has 0 aliphatic carbocycles. The van der Waals surface area contributed by atoms with Gasteiger partial charge in [-0.05, 0) is 48.5 Å². The van der Waals surface area contributed by atoms with Crippen molar-refractivity contribution in [2.45, 2.75) is 0 Å². The van der Waals surface area contributed by atoms with Gasteiger partial charge in [0.15, 0.2) is 5.70 Å². The molecule has 0 fully saturated rings. The first-order valence-corrected chi connectivity index (χ1v) is 7.49. The molecule has 2 aromatic carbocycles. The Labute approximate surface area is 144 Å². The van der Waals surface area contributed by atoms with E-state index >= 15 is 0 Å². The zero-order chi connectivity index (χ0) is 17.1. The van der Waals surface area contributed by atoms with Crippen LogP contribution >= 0.6 is 11.6 Å². The third-order valence-corrected chi connectivity index (χ3v) is 3.69. The summed E-state index contributed by atoms with van der Waals surface area (Å²) >= 11 is 5.86. The molecule has 122 valence electrons. The average Bonchev–Trinajstić information content (AvgIpc) is 2.96. The molecule has 1 aliphatic heterocycles. The average molecular weight is 344 g/mol. The van der Waals surface area contributed by atoms with Gasteiger partial charge in [-0.15, -0.1) is 0 Å². The summed E-state index contributed by atoms with van der Waals surface area (Å²) in [6, 6.07) is 12.2. The van der Waals surface area contributed by atoms with Gasteiger partial charge in [-0.2, -0.15) is 0 Å². The Morgan fingerprint density at radius 3 is 2.50 bits per heavy atom. The maximum Gasteiger partial charge on any atom is 0.363 e. The molecule has 3 rings (SSSR count). The molecule has 5 nitrogen and oxygen atoms in total. The highest BCUT2D eigenvalue weighted by Gasteiger charge is 2.24. The molecular weight excluding hydrogens is 330 g/mol. The summed E-state index contributed by atoms with van der Waals surface area (Å²) in [6.07, 6.45) is 1.60. The molecule has 0 bridgehead atoms. The van der Waals surface area contributed by atoms with Gasteiger partial charge < -0.3 is 14.2 Å². The van der Waals surface area contributed by atoms with Crippen molar-refractivity contribution in [3.63, 3.8) is 0 Å². The Morgan fingerprint density at radius 2 is 1.83 bits per heavy atom. The fourth-order valence-corrected chi connectivity index (χ4v) is 2.35. The van der Waals surface area contributed by atoms with Gasteiger partial charge in [0.05, 0.1) is 14.2 Å². The zero-order valence-electron chi connectivity index (χ0n) is 13.1. The molecule has 0 amide bonds. The van der Waals surface area contributed by atoms with E-state index in [2.05, 4.69) is 4.99 Å². The summed E-state index contributed by atoms with van der Waals surface area (Å²) in [5, 5.41) is 0.598. The number of aliphatic imine (C=N–C) groups is 1. The molecule has 24 heavy (non-hydrogen) atoms. The Bertz CT molecular complexity index is 841. The van der Waals surface area contributed by atoms with Crippen LogP contribution in [0.15, 0.2) is 53.2 Å². The van der Waals surface area contributed by atoms with Crippen molar-refractivity contribution in [3.8, 4) is 11.5 Å². The van der Waals surface area contributed by atoms with E-state index in [-0.39, 0.29) is 11.6 Å². The van der Waals surface area contributed by atoms with Crippen molar-refractivity contribution < 1.29 is 19.0 Å². The van der Waals surface area contributed by atoms with Crippen LogP contribution < -0.4 is 9.47 Å². The number of esters is 1. The van der Waals surface area contributed by atoms with Crippen LogP contribution in [0.5, 0.6) is 11.5 Å². The van der Waals surface area contributed by atoms with E-state index in [1.165, 1.54) is 0 Å². The third-order valence-electron chi connectivity index (χ3n) is 3.44. The van der Waals surface area contributed by atoms with E-state index in [0.717, 1.165) is 0 Å². The van der Waals surface area contributed by atoms with Gasteiger partial charge in [-0.3, -0.25) is 0 Å². The summed E-state index contributed by atoms with van der Waals surface area (Å²) in [5.74, 6) is 0.969. The molecule has 1 aliphatic rings. The number of nitrogens with zero attached hydrogens (tertiary/aromatic N) is 1. The van der Waals surface area contributed by atoms with E-state index < -0.39 is 5.97 Å². The van der Waals surface area contributed by atoms with Crippen LogP contribution in [0.25, 0.3) is 6.08 Å². The second kappa shape index (κ2) is 6.76. The first-order valence-electron chi connectivity index (χ1n) is 7.11. The first-order chi connectivity index (χ1) is 11.6. The Hall–Kier alpha value is -2.79. The summed E-state index contributed by atoms with van der Waals surface area (Å²) in [6.45, 7) is 0.